The third-order valence-electron chi connectivity index (χ3n) is 4.59. The second-order valence-electron chi connectivity index (χ2n) is 5.97. The molecule has 0 saturated heterocycles. The molecule has 1 atom stereocenters. The van der Waals surface area contributed by atoms with Gasteiger partial charge in [0.15, 0.2) is 5.16 Å². The lowest BCUT2D eigenvalue weighted by atomic mass is 9.84. The predicted molar refractivity (Wildman–Crippen MR) is 93.4 cm³/mol. The molecule has 0 aromatic carbocycles. The number of halogens is 1. The minimum absolute atomic E-state index is 0. The highest BCUT2D eigenvalue weighted by molar-refractivity contribution is 7.99. The van der Waals surface area contributed by atoms with Crippen LogP contribution in [0, 0.1) is 5.92 Å². The Hall–Kier alpha value is -1.05. The Balaban J connectivity index is 0.00000192. The molecule has 6 nitrogen and oxygen atoms in total. The van der Waals surface area contributed by atoms with Gasteiger partial charge in [-0.3, -0.25) is 14.2 Å². The minimum Gasteiger partial charge on any atom is -0.348 e. The van der Waals surface area contributed by atoms with Crippen molar-refractivity contribution in [3.63, 3.8) is 0 Å². The molecular formula is C15H23ClN4O2S. The van der Waals surface area contributed by atoms with Crippen molar-refractivity contribution in [2.75, 3.05) is 12.3 Å². The summed E-state index contributed by atoms with van der Waals surface area (Å²) in [5.41, 5.74) is 5.72. The van der Waals surface area contributed by atoms with Crippen molar-refractivity contribution in [2.24, 2.45) is 11.7 Å². The van der Waals surface area contributed by atoms with Gasteiger partial charge in [0.05, 0.1) is 0 Å². The van der Waals surface area contributed by atoms with Gasteiger partial charge in [0.1, 0.15) is 5.56 Å². The molecule has 1 unspecified atom stereocenters. The van der Waals surface area contributed by atoms with Crippen LogP contribution in [0.2, 0.25) is 0 Å². The first-order valence-electron chi connectivity index (χ1n) is 7.94. The first-order valence-corrected chi connectivity index (χ1v) is 8.93. The van der Waals surface area contributed by atoms with E-state index < -0.39 is 0 Å². The molecule has 2 aliphatic rings. The molecular weight excluding hydrogens is 336 g/mol. The van der Waals surface area contributed by atoms with Crippen molar-refractivity contribution in [1.29, 1.82) is 0 Å². The number of amides is 1. The maximum absolute atomic E-state index is 12.5. The van der Waals surface area contributed by atoms with Gasteiger partial charge in [-0.1, -0.05) is 31.0 Å². The predicted octanol–water partition coefficient (Wildman–Crippen LogP) is 1.41. The maximum atomic E-state index is 12.5. The molecule has 0 spiro atoms. The van der Waals surface area contributed by atoms with E-state index in [2.05, 4.69) is 10.3 Å². The fraction of sp³-hybridized carbons (Fsp3) is 0.667. The quantitative estimate of drug-likeness (QED) is 0.794. The van der Waals surface area contributed by atoms with Crippen LogP contribution in [0.1, 0.15) is 42.5 Å². The Bertz CT molecular complexity index is 616. The molecule has 1 saturated carbocycles. The van der Waals surface area contributed by atoms with E-state index in [0.29, 0.717) is 24.2 Å². The van der Waals surface area contributed by atoms with Crippen molar-refractivity contribution in [1.82, 2.24) is 14.9 Å². The summed E-state index contributed by atoms with van der Waals surface area (Å²) in [4.78, 5) is 29.0. The van der Waals surface area contributed by atoms with E-state index in [0.717, 1.165) is 18.6 Å². The number of hydrogen-bond donors (Lipinski definition) is 2. The van der Waals surface area contributed by atoms with Crippen molar-refractivity contribution in [3.05, 3.63) is 22.1 Å². The van der Waals surface area contributed by atoms with Crippen molar-refractivity contribution in [2.45, 2.75) is 49.8 Å². The van der Waals surface area contributed by atoms with Crippen LogP contribution in [-0.4, -0.2) is 33.8 Å². The molecule has 2 heterocycles. The van der Waals surface area contributed by atoms with Gasteiger partial charge in [-0.15, -0.1) is 12.4 Å². The van der Waals surface area contributed by atoms with Crippen molar-refractivity contribution in [3.8, 4) is 0 Å². The van der Waals surface area contributed by atoms with Gasteiger partial charge in [0, 0.05) is 31.1 Å². The fourth-order valence-corrected chi connectivity index (χ4v) is 4.24. The lowest BCUT2D eigenvalue weighted by Crippen LogP contribution is -2.47. The lowest BCUT2D eigenvalue weighted by Gasteiger charge is -2.30. The van der Waals surface area contributed by atoms with Crippen LogP contribution in [0.5, 0.6) is 0 Å². The number of aromatic nitrogens is 2. The molecule has 8 heteroatoms. The third-order valence-corrected chi connectivity index (χ3v) is 5.56. The zero-order valence-electron chi connectivity index (χ0n) is 13.0. The summed E-state index contributed by atoms with van der Waals surface area (Å²) in [7, 11) is 0. The Morgan fingerprint density at radius 3 is 2.87 bits per heavy atom. The van der Waals surface area contributed by atoms with Crippen LogP contribution in [0.15, 0.2) is 16.1 Å². The van der Waals surface area contributed by atoms with Crippen LogP contribution >= 0.6 is 24.2 Å². The Morgan fingerprint density at radius 2 is 2.17 bits per heavy atom. The summed E-state index contributed by atoms with van der Waals surface area (Å²) in [6.45, 7) is 1.03. The molecule has 3 N–H and O–H groups in total. The molecule has 0 bridgehead atoms. The fourth-order valence-electron chi connectivity index (χ4n) is 3.33. The van der Waals surface area contributed by atoms with Crippen LogP contribution in [-0.2, 0) is 6.54 Å². The summed E-state index contributed by atoms with van der Waals surface area (Å²) >= 11 is 1.54. The molecule has 1 aromatic rings. The number of hydrogen-bond acceptors (Lipinski definition) is 5. The van der Waals surface area contributed by atoms with Gasteiger partial charge < -0.3 is 11.1 Å². The van der Waals surface area contributed by atoms with Gasteiger partial charge in [-0.25, -0.2) is 4.98 Å². The summed E-state index contributed by atoms with van der Waals surface area (Å²) in [6.07, 6.45) is 7.24. The third kappa shape index (κ3) is 3.89. The SMILES string of the molecule is Cl.NCC(NC(=O)c1cnc2n(c1=O)CCS2)C1CCCCC1. The molecule has 1 aliphatic carbocycles. The Kier molecular flexibility index (Phi) is 6.50. The average Bonchev–Trinajstić information content (AvgIpc) is 3.03. The van der Waals surface area contributed by atoms with E-state index in [1.54, 1.807) is 16.3 Å². The Labute approximate surface area is 146 Å². The molecule has 0 radical (unpaired) electrons. The van der Waals surface area contributed by atoms with Gasteiger partial charge in [0.2, 0.25) is 0 Å². The van der Waals surface area contributed by atoms with Gasteiger partial charge in [0.25, 0.3) is 11.5 Å². The molecule has 3 rings (SSSR count). The van der Waals surface area contributed by atoms with E-state index in [1.807, 2.05) is 0 Å². The zero-order chi connectivity index (χ0) is 15.5. The highest BCUT2D eigenvalue weighted by Crippen LogP contribution is 2.26. The normalized spacial score (nSPS) is 18.8. The average molecular weight is 359 g/mol. The number of carbonyl (C=O) groups is 1. The van der Waals surface area contributed by atoms with E-state index in [1.165, 1.54) is 25.5 Å². The van der Waals surface area contributed by atoms with Crippen LogP contribution in [0.3, 0.4) is 0 Å². The zero-order valence-corrected chi connectivity index (χ0v) is 14.6. The summed E-state index contributed by atoms with van der Waals surface area (Å²) < 4.78 is 1.58. The van der Waals surface area contributed by atoms with E-state index in [-0.39, 0.29) is 35.5 Å². The second-order valence-corrected chi connectivity index (χ2v) is 7.04. The van der Waals surface area contributed by atoms with E-state index in [4.69, 9.17) is 5.73 Å². The number of fused-ring (bicyclic) bond motifs is 1. The smallest absolute Gasteiger partial charge is 0.267 e. The molecule has 1 fully saturated rings. The maximum Gasteiger partial charge on any atom is 0.267 e. The topological polar surface area (TPSA) is 90.0 Å². The highest BCUT2D eigenvalue weighted by atomic mass is 35.5. The number of thioether (sulfide) groups is 1. The highest BCUT2D eigenvalue weighted by Gasteiger charge is 2.26. The number of nitrogens with zero attached hydrogens (tertiary/aromatic N) is 2. The first kappa shape index (κ1) is 18.3. The molecule has 23 heavy (non-hydrogen) atoms. The number of rotatable bonds is 4. The largest absolute Gasteiger partial charge is 0.348 e. The standard InChI is InChI=1S/C15H22N4O2S.ClH/c16-8-12(10-4-2-1-3-5-10)18-13(20)11-9-17-15-19(14(11)21)6-7-22-15;/h9-10,12H,1-8,16H2,(H,18,20);1H. The monoisotopic (exact) mass is 358 g/mol. The summed E-state index contributed by atoms with van der Waals surface area (Å²) in [5, 5.41) is 3.66. The van der Waals surface area contributed by atoms with Crippen LogP contribution in [0.4, 0.5) is 0 Å². The van der Waals surface area contributed by atoms with Crippen molar-refractivity contribution < 1.29 is 4.79 Å². The van der Waals surface area contributed by atoms with Crippen molar-refractivity contribution >= 4 is 30.1 Å². The van der Waals surface area contributed by atoms with Gasteiger partial charge in [-0.2, -0.15) is 0 Å². The van der Waals surface area contributed by atoms with Gasteiger partial charge in [-0.05, 0) is 18.8 Å². The molecule has 1 amide bonds. The first-order chi connectivity index (χ1) is 10.7. The second kappa shape index (κ2) is 8.17. The number of nitrogens with one attached hydrogen (secondary N) is 1. The van der Waals surface area contributed by atoms with Gasteiger partial charge >= 0.3 is 0 Å². The van der Waals surface area contributed by atoms with E-state index in [9.17, 15) is 9.59 Å². The molecule has 1 aromatic heterocycles. The number of nitrogens with two attached hydrogens (primary N) is 1. The minimum atomic E-state index is -0.342. The van der Waals surface area contributed by atoms with Crippen LogP contribution < -0.4 is 16.6 Å². The molecule has 1 aliphatic heterocycles. The number of carbonyl (C=O) groups excluding carboxylic acids is 1. The lowest BCUT2D eigenvalue weighted by molar-refractivity contribution is 0.0912. The summed E-state index contributed by atoms with van der Waals surface area (Å²) in [5.74, 6) is 0.912. The summed E-state index contributed by atoms with van der Waals surface area (Å²) in [6, 6.07) is -0.0557. The molecule has 128 valence electrons. The van der Waals surface area contributed by atoms with Crippen LogP contribution in [0.25, 0.3) is 0 Å². The van der Waals surface area contributed by atoms with E-state index >= 15 is 0 Å². The Morgan fingerprint density at radius 1 is 1.43 bits per heavy atom.